The third kappa shape index (κ3) is 3.60. The van der Waals surface area contributed by atoms with E-state index in [1.54, 1.807) is 18.4 Å². The van der Waals surface area contributed by atoms with Gasteiger partial charge in [0.1, 0.15) is 0 Å². The molecule has 1 amide bonds. The Labute approximate surface area is 111 Å². The van der Waals surface area contributed by atoms with Gasteiger partial charge in [-0.1, -0.05) is 18.2 Å². The lowest BCUT2D eigenvalue weighted by atomic mass is 10.1. The summed E-state index contributed by atoms with van der Waals surface area (Å²) in [6, 6.07) is 12.1. The highest BCUT2D eigenvalue weighted by Gasteiger charge is 2.00. The van der Waals surface area contributed by atoms with Crippen LogP contribution >= 0.6 is 11.3 Å². The molecule has 0 bridgehead atoms. The number of likely N-dealkylation sites (N-methyl/N-ethyl adjacent to an activating group) is 1. The molecule has 4 heteroatoms. The van der Waals surface area contributed by atoms with Crippen LogP contribution in [0.2, 0.25) is 0 Å². The Kier molecular flexibility index (Phi) is 4.36. The highest BCUT2D eigenvalue weighted by molar-refractivity contribution is 7.09. The SMILES string of the molecule is CNC(=O)Cc1ccc(NCc2cccs2)cc1. The van der Waals surface area contributed by atoms with Crippen LogP contribution in [0.15, 0.2) is 41.8 Å². The van der Waals surface area contributed by atoms with Crippen molar-refractivity contribution >= 4 is 22.9 Å². The van der Waals surface area contributed by atoms with Crippen LogP contribution in [0, 0.1) is 0 Å². The summed E-state index contributed by atoms with van der Waals surface area (Å²) in [5.41, 5.74) is 2.10. The van der Waals surface area contributed by atoms with Gasteiger partial charge in [-0.25, -0.2) is 0 Å². The molecule has 0 aliphatic rings. The van der Waals surface area contributed by atoms with E-state index in [0.717, 1.165) is 17.8 Å². The maximum absolute atomic E-state index is 11.2. The Morgan fingerprint density at radius 2 is 2.00 bits per heavy atom. The van der Waals surface area contributed by atoms with E-state index in [1.165, 1.54) is 4.88 Å². The molecule has 1 heterocycles. The molecule has 94 valence electrons. The summed E-state index contributed by atoms with van der Waals surface area (Å²) in [6.45, 7) is 0.840. The van der Waals surface area contributed by atoms with Crippen molar-refractivity contribution in [3.8, 4) is 0 Å². The number of nitrogens with one attached hydrogen (secondary N) is 2. The number of rotatable bonds is 5. The molecule has 2 aromatic rings. The minimum atomic E-state index is 0.0364. The number of thiophene rings is 1. The molecule has 0 spiro atoms. The van der Waals surface area contributed by atoms with Gasteiger partial charge in [0.15, 0.2) is 0 Å². The minimum absolute atomic E-state index is 0.0364. The fourth-order valence-corrected chi connectivity index (χ4v) is 2.26. The molecule has 0 aliphatic carbocycles. The molecule has 2 rings (SSSR count). The molecule has 0 saturated carbocycles. The topological polar surface area (TPSA) is 41.1 Å². The quantitative estimate of drug-likeness (QED) is 0.867. The highest BCUT2D eigenvalue weighted by Crippen LogP contribution is 2.14. The first-order valence-corrected chi connectivity index (χ1v) is 6.71. The minimum Gasteiger partial charge on any atom is -0.380 e. The summed E-state index contributed by atoms with van der Waals surface area (Å²) in [7, 11) is 1.65. The van der Waals surface area contributed by atoms with Gasteiger partial charge in [-0.05, 0) is 29.1 Å². The van der Waals surface area contributed by atoms with Crippen LogP contribution < -0.4 is 10.6 Å². The van der Waals surface area contributed by atoms with E-state index in [2.05, 4.69) is 22.1 Å². The molecule has 0 aliphatic heterocycles. The first-order valence-electron chi connectivity index (χ1n) is 5.83. The molecular formula is C14H16N2OS. The van der Waals surface area contributed by atoms with Gasteiger partial charge in [-0.2, -0.15) is 0 Å². The smallest absolute Gasteiger partial charge is 0.224 e. The van der Waals surface area contributed by atoms with Gasteiger partial charge >= 0.3 is 0 Å². The maximum Gasteiger partial charge on any atom is 0.224 e. The van der Waals surface area contributed by atoms with E-state index >= 15 is 0 Å². The summed E-state index contributed by atoms with van der Waals surface area (Å²) in [4.78, 5) is 12.5. The van der Waals surface area contributed by atoms with Gasteiger partial charge in [0.05, 0.1) is 6.42 Å². The number of amides is 1. The second-order valence-electron chi connectivity index (χ2n) is 3.98. The van der Waals surface area contributed by atoms with E-state index in [4.69, 9.17) is 0 Å². The van der Waals surface area contributed by atoms with Crippen molar-refractivity contribution in [1.29, 1.82) is 0 Å². The van der Waals surface area contributed by atoms with Crippen LogP contribution in [0.3, 0.4) is 0 Å². The first kappa shape index (κ1) is 12.6. The van der Waals surface area contributed by atoms with Crippen LogP contribution in [0.5, 0.6) is 0 Å². The van der Waals surface area contributed by atoms with Crippen LogP contribution in [-0.2, 0) is 17.8 Å². The molecule has 18 heavy (non-hydrogen) atoms. The summed E-state index contributed by atoms with van der Waals surface area (Å²) >= 11 is 1.74. The molecule has 0 atom stereocenters. The fourth-order valence-electron chi connectivity index (χ4n) is 1.62. The number of carbonyl (C=O) groups is 1. The average molecular weight is 260 g/mol. The van der Waals surface area contributed by atoms with Crippen molar-refractivity contribution in [1.82, 2.24) is 5.32 Å². The van der Waals surface area contributed by atoms with Crippen molar-refractivity contribution < 1.29 is 4.79 Å². The zero-order chi connectivity index (χ0) is 12.8. The second kappa shape index (κ2) is 6.21. The Morgan fingerprint density at radius 3 is 2.61 bits per heavy atom. The van der Waals surface area contributed by atoms with Gasteiger partial charge in [0.25, 0.3) is 0 Å². The maximum atomic E-state index is 11.2. The first-order chi connectivity index (χ1) is 8.78. The van der Waals surface area contributed by atoms with Gasteiger partial charge in [0.2, 0.25) is 5.91 Å². The van der Waals surface area contributed by atoms with Gasteiger partial charge in [-0.3, -0.25) is 4.79 Å². The number of anilines is 1. The second-order valence-corrected chi connectivity index (χ2v) is 5.01. The lowest BCUT2D eigenvalue weighted by molar-refractivity contribution is -0.119. The Balaban J connectivity index is 1.89. The molecular weight excluding hydrogens is 244 g/mol. The number of carbonyl (C=O) groups excluding carboxylic acids is 1. The van der Waals surface area contributed by atoms with Crippen LogP contribution in [-0.4, -0.2) is 13.0 Å². The third-order valence-corrected chi connectivity index (χ3v) is 3.52. The Morgan fingerprint density at radius 1 is 1.22 bits per heavy atom. The van der Waals surface area contributed by atoms with Gasteiger partial charge < -0.3 is 10.6 Å². The van der Waals surface area contributed by atoms with Crippen molar-refractivity contribution in [2.45, 2.75) is 13.0 Å². The van der Waals surface area contributed by atoms with Crippen molar-refractivity contribution in [3.05, 3.63) is 52.2 Å². The summed E-state index contributed by atoms with van der Waals surface area (Å²) in [5.74, 6) is 0.0364. The predicted molar refractivity (Wildman–Crippen MR) is 75.9 cm³/mol. The van der Waals surface area contributed by atoms with E-state index in [9.17, 15) is 4.79 Å². The molecule has 0 fully saturated rings. The largest absolute Gasteiger partial charge is 0.380 e. The molecule has 1 aromatic heterocycles. The van der Waals surface area contributed by atoms with E-state index in [-0.39, 0.29) is 5.91 Å². The lowest BCUT2D eigenvalue weighted by Crippen LogP contribution is -2.19. The molecule has 0 radical (unpaired) electrons. The van der Waals surface area contributed by atoms with E-state index in [0.29, 0.717) is 6.42 Å². The molecule has 0 unspecified atom stereocenters. The van der Waals surface area contributed by atoms with Crippen molar-refractivity contribution in [3.63, 3.8) is 0 Å². The number of benzene rings is 1. The van der Waals surface area contributed by atoms with Crippen molar-refractivity contribution in [2.75, 3.05) is 12.4 Å². The van der Waals surface area contributed by atoms with E-state index < -0.39 is 0 Å². The molecule has 3 nitrogen and oxygen atoms in total. The van der Waals surface area contributed by atoms with Crippen LogP contribution in [0.4, 0.5) is 5.69 Å². The number of hydrogen-bond donors (Lipinski definition) is 2. The fraction of sp³-hybridized carbons (Fsp3) is 0.214. The summed E-state index contributed by atoms with van der Waals surface area (Å²) < 4.78 is 0. The molecule has 1 aromatic carbocycles. The monoisotopic (exact) mass is 260 g/mol. The third-order valence-electron chi connectivity index (χ3n) is 2.64. The predicted octanol–water partition coefficient (Wildman–Crippen LogP) is 2.65. The summed E-state index contributed by atoms with van der Waals surface area (Å²) in [6.07, 6.45) is 0.432. The number of hydrogen-bond acceptors (Lipinski definition) is 3. The highest BCUT2D eigenvalue weighted by atomic mass is 32.1. The van der Waals surface area contributed by atoms with Gasteiger partial charge in [-0.15, -0.1) is 11.3 Å². The Bertz CT molecular complexity index is 491. The zero-order valence-electron chi connectivity index (χ0n) is 10.3. The molecule has 0 saturated heterocycles. The normalized spacial score (nSPS) is 10.1. The molecule has 2 N–H and O–H groups in total. The average Bonchev–Trinajstić information content (AvgIpc) is 2.91. The summed E-state index contributed by atoms with van der Waals surface area (Å²) in [5, 5.41) is 8.04. The van der Waals surface area contributed by atoms with E-state index in [1.807, 2.05) is 30.3 Å². The Hall–Kier alpha value is -1.81. The van der Waals surface area contributed by atoms with Gasteiger partial charge in [0, 0.05) is 24.2 Å². The van der Waals surface area contributed by atoms with Crippen LogP contribution in [0.25, 0.3) is 0 Å². The lowest BCUT2D eigenvalue weighted by Gasteiger charge is -2.06. The zero-order valence-corrected chi connectivity index (χ0v) is 11.1. The standard InChI is InChI=1S/C14H16N2OS/c1-15-14(17)9-11-4-6-12(7-5-11)16-10-13-3-2-8-18-13/h2-8,16H,9-10H2,1H3,(H,15,17). The van der Waals surface area contributed by atoms with Crippen molar-refractivity contribution in [2.24, 2.45) is 0 Å². The van der Waals surface area contributed by atoms with Crippen LogP contribution in [0.1, 0.15) is 10.4 Å².